The Morgan fingerprint density at radius 2 is 1.09 bits per heavy atom. The molecule has 4 aromatic heterocycles. The monoisotopic (exact) mass is 706 g/mol. The molecule has 0 amide bonds. The maximum atomic E-state index is 12.4. The predicted molar refractivity (Wildman–Crippen MR) is 206 cm³/mol. The first-order chi connectivity index (χ1) is 25.7. The maximum Gasteiger partial charge on any atom is 0.339 e. The van der Waals surface area contributed by atoms with Gasteiger partial charge in [-0.15, -0.1) is 0 Å². The lowest BCUT2D eigenvalue weighted by molar-refractivity contribution is 0.0598. The van der Waals surface area contributed by atoms with Gasteiger partial charge in [-0.05, 0) is 145 Å². The van der Waals surface area contributed by atoms with Gasteiger partial charge in [0.05, 0.1) is 40.7 Å². The highest BCUT2D eigenvalue weighted by Gasteiger charge is 2.30. The zero-order valence-electron chi connectivity index (χ0n) is 30.8. The molecule has 4 fully saturated rings. The average Bonchev–Trinajstić information content (AvgIpc) is 3.95. The smallest absolute Gasteiger partial charge is 0.339 e. The summed E-state index contributed by atoms with van der Waals surface area (Å²) < 4.78 is 9.44. The van der Waals surface area contributed by atoms with Crippen molar-refractivity contribution in [3.8, 4) is 0 Å². The molecule has 270 valence electrons. The summed E-state index contributed by atoms with van der Waals surface area (Å²) in [5, 5.41) is 12.2. The summed E-state index contributed by atoms with van der Waals surface area (Å²) in [6.45, 7) is 0. The van der Waals surface area contributed by atoms with Crippen molar-refractivity contribution in [1.29, 1.82) is 0 Å². The number of carboxylic acid groups (broad SMARTS) is 1. The van der Waals surface area contributed by atoms with E-state index in [0.717, 1.165) is 35.2 Å². The molecule has 0 aliphatic heterocycles. The lowest BCUT2D eigenvalue weighted by Crippen LogP contribution is -2.09. The van der Waals surface area contributed by atoms with Crippen LogP contribution in [-0.4, -0.2) is 43.3 Å². The number of rotatable bonds is 10. The Kier molecular flexibility index (Phi) is 8.44. The van der Waals surface area contributed by atoms with Gasteiger partial charge in [0.2, 0.25) is 0 Å². The van der Waals surface area contributed by atoms with Gasteiger partial charge in [-0.25, -0.2) is 9.59 Å². The van der Waals surface area contributed by atoms with Crippen molar-refractivity contribution in [2.45, 2.75) is 87.9 Å². The van der Waals surface area contributed by atoms with Crippen LogP contribution in [0.2, 0.25) is 0 Å². The van der Waals surface area contributed by atoms with Crippen LogP contribution in [0.4, 0.5) is 0 Å². The quantitative estimate of drug-likeness (QED) is 0.143. The van der Waals surface area contributed by atoms with Crippen LogP contribution in [0, 0.1) is 0 Å². The number of hydrogen-bond donors (Lipinski definition) is 1. The molecule has 0 saturated heterocycles. The molecule has 2 aromatic carbocycles. The van der Waals surface area contributed by atoms with Crippen molar-refractivity contribution in [3.63, 3.8) is 0 Å². The first-order valence-corrected chi connectivity index (χ1v) is 19.2. The summed E-state index contributed by atoms with van der Waals surface area (Å²) in [4.78, 5) is 33.3. The third kappa shape index (κ3) is 6.87. The second kappa shape index (κ2) is 13.3. The molecule has 6 aromatic rings. The number of carbonyl (C=O) groups is 2. The molecule has 0 spiro atoms. The summed E-state index contributed by atoms with van der Waals surface area (Å²) in [5.74, 6) is 1.23. The van der Waals surface area contributed by atoms with E-state index in [1.807, 2.05) is 24.5 Å². The minimum absolute atomic E-state index is 0.289. The Morgan fingerprint density at radius 3 is 1.51 bits per heavy atom. The molecule has 0 radical (unpaired) electrons. The van der Waals surface area contributed by atoms with Crippen molar-refractivity contribution in [2.24, 2.45) is 14.1 Å². The van der Waals surface area contributed by atoms with Crippen LogP contribution in [0.1, 0.15) is 141 Å². The third-order valence-corrected chi connectivity index (χ3v) is 11.6. The van der Waals surface area contributed by atoms with E-state index in [9.17, 15) is 14.7 Å². The number of ether oxygens (including phenoxy) is 1. The molecule has 0 bridgehead atoms. The van der Waals surface area contributed by atoms with Crippen molar-refractivity contribution in [1.82, 2.24) is 19.1 Å². The highest BCUT2D eigenvalue weighted by Crippen LogP contribution is 2.46. The lowest BCUT2D eigenvalue weighted by atomic mass is 9.97. The van der Waals surface area contributed by atoms with Crippen LogP contribution in [0.25, 0.3) is 21.8 Å². The topological polar surface area (TPSA) is 99.2 Å². The van der Waals surface area contributed by atoms with Crippen LogP contribution in [0.5, 0.6) is 0 Å². The number of aryl methyl sites for hydroxylation is 2. The van der Waals surface area contributed by atoms with Gasteiger partial charge in [0, 0.05) is 62.5 Å². The van der Waals surface area contributed by atoms with Crippen LogP contribution < -0.4 is 0 Å². The second-order valence-electron chi connectivity index (χ2n) is 15.9. The van der Waals surface area contributed by atoms with Gasteiger partial charge in [0.25, 0.3) is 0 Å². The molecule has 4 aliphatic carbocycles. The number of nitrogens with zero attached hydrogens (tertiary/aromatic N) is 4. The van der Waals surface area contributed by atoms with E-state index in [1.165, 1.54) is 84.1 Å². The minimum atomic E-state index is -0.877. The van der Waals surface area contributed by atoms with E-state index in [2.05, 4.69) is 82.0 Å². The van der Waals surface area contributed by atoms with E-state index in [4.69, 9.17) is 4.74 Å². The molecule has 53 heavy (non-hydrogen) atoms. The number of methoxy groups -OCH3 is 1. The molecule has 4 aliphatic rings. The summed E-state index contributed by atoms with van der Waals surface area (Å²) in [7, 11) is 5.65. The second-order valence-corrected chi connectivity index (χ2v) is 15.9. The van der Waals surface area contributed by atoms with Gasteiger partial charge in [-0.3, -0.25) is 9.97 Å². The molecule has 4 heterocycles. The van der Waals surface area contributed by atoms with Crippen molar-refractivity contribution >= 4 is 33.7 Å². The molecule has 1 N–H and O–H groups in total. The number of fused-ring (bicyclic) bond motifs is 2. The average molecular weight is 707 g/mol. The number of carbonyl (C=O) groups excluding carboxylic acids is 1. The highest BCUT2D eigenvalue weighted by atomic mass is 16.5. The Bertz CT molecular complexity index is 2400. The number of esters is 1. The van der Waals surface area contributed by atoms with E-state index >= 15 is 0 Å². The normalized spacial score (nSPS) is 16.8. The molecule has 8 nitrogen and oxygen atoms in total. The lowest BCUT2D eigenvalue weighted by Gasteiger charge is -2.12. The summed E-state index contributed by atoms with van der Waals surface area (Å²) in [5.41, 5.74) is 12.5. The molecule has 10 rings (SSSR count). The van der Waals surface area contributed by atoms with Crippen LogP contribution in [0.3, 0.4) is 0 Å². The predicted octanol–water partition coefficient (Wildman–Crippen LogP) is 9.32. The van der Waals surface area contributed by atoms with Gasteiger partial charge in [-0.2, -0.15) is 0 Å². The van der Waals surface area contributed by atoms with Crippen LogP contribution in [0.15, 0.2) is 73.3 Å². The van der Waals surface area contributed by atoms with Crippen molar-refractivity contribution < 1.29 is 19.4 Å². The summed E-state index contributed by atoms with van der Waals surface area (Å²) in [6, 6.07) is 17.2. The van der Waals surface area contributed by atoms with Gasteiger partial charge in [-0.1, -0.05) is 12.1 Å². The number of benzene rings is 2. The van der Waals surface area contributed by atoms with Crippen LogP contribution >= 0.6 is 0 Å². The highest BCUT2D eigenvalue weighted by molar-refractivity contribution is 5.91. The molecule has 0 unspecified atom stereocenters. The number of pyridine rings is 2. The fourth-order valence-corrected chi connectivity index (χ4v) is 8.14. The number of aromatic nitrogens is 4. The molecular formula is C45H46N4O4. The fraction of sp³-hybridized carbons (Fsp3) is 0.378. The van der Waals surface area contributed by atoms with Crippen LogP contribution in [-0.2, 0) is 31.7 Å². The standard InChI is InChI=1S/C23H24N2O2.C22H22N2O2/c1-25-8-7-17-9-14(10-19(22(17)25)16-5-6-16)11-21-20(23(26)27-2)12-18(13-24-21)15-3-4-15;1-24-7-6-16-8-13(9-18(21(16)24)15-4-5-15)10-20-19(22(25)26)11-17(12-23-20)14-2-3-14/h7-10,12-13,15-16H,3-6,11H2,1-2H3;6-9,11-12,14-15H,2-5,10H2,1H3,(H,25,26). The Balaban J connectivity index is 0.000000141. The fourth-order valence-electron chi connectivity index (χ4n) is 8.14. The molecule has 4 saturated carbocycles. The summed E-state index contributed by atoms with van der Waals surface area (Å²) in [6.07, 6.45) is 19.0. The van der Waals surface area contributed by atoms with E-state index in [-0.39, 0.29) is 5.97 Å². The Labute approximate surface area is 309 Å². The molecular weight excluding hydrogens is 661 g/mol. The van der Waals surface area contributed by atoms with Gasteiger partial charge < -0.3 is 19.0 Å². The maximum absolute atomic E-state index is 12.4. The van der Waals surface area contributed by atoms with Gasteiger partial charge in [0.1, 0.15) is 0 Å². The first kappa shape index (κ1) is 33.6. The first-order valence-electron chi connectivity index (χ1n) is 19.2. The minimum Gasteiger partial charge on any atom is -0.478 e. The SMILES string of the molecule is COC(=O)c1cc(C2CC2)cnc1Cc1cc(C2CC2)c2c(ccn2C)c1.Cn1ccc2cc(Cc3ncc(C4CC4)cc3C(=O)O)cc(C3CC3)c21. The molecule has 0 atom stereocenters. The van der Waals surface area contributed by atoms with Crippen molar-refractivity contribution in [3.05, 3.63) is 129 Å². The third-order valence-electron chi connectivity index (χ3n) is 11.6. The number of aromatic carboxylic acids is 1. The van der Waals surface area contributed by atoms with Crippen molar-refractivity contribution in [2.75, 3.05) is 7.11 Å². The van der Waals surface area contributed by atoms with E-state index in [0.29, 0.717) is 53.3 Å². The number of hydrogen-bond acceptors (Lipinski definition) is 5. The van der Waals surface area contributed by atoms with E-state index < -0.39 is 5.97 Å². The summed E-state index contributed by atoms with van der Waals surface area (Å²) >= 11 is 0. The largest absolute Gasteiger partial charge is 0.478 e. The zero-order chi connectivity index (χ0) is 36.4. The number of carboxylic acids is 1. The zero-order valence-corrected chi connectivity index (χ0v) is 30.8. The van der Waals surface area contributed by atoms with Gasteiger partial charge >= 0.3 is 11.9 Å². The van der Waals surface area contributed by atoms with E-state index in [1.54, 1.807) is 0 Å². The van der Waals surface area contributed by atoms with Gasteiger partial charge in [0.15, 0.2) is 0 Å². The molecule has 8 heteroatoms. The Hall–Kier alpha value is -5.24. The Morgan fingerprint density at radius 1 is 0.660 bits per heavy atom.